The molecule has 1 aliphatic rings. The molecule has 0 aromatic rings. The van der Waals surface area contributed by atoms with Gasteiger partial charge in [-0.15, -0.1) is 0 Å². The van der Waals surface area contributed by atoms with Gasteiger partial charge < -0.3 is 15.3 Å². The lowest BCUT2D eigenvalue weighted by atomic mass is 9.99. The van der Waals surface area contributed by atoms with Crippen molar-refractivity contribution < 1.29 is 9.90 Å². The summed E-state index contributed by atoms with van der Waals surface area (Å²) in [4.78, 5) is 13.7. The summed E-state index contributed by atoms with van der Waals surface area (Å²) < 4.78 is 0. The highest BCUT2D eigenvalue weighted by Crippen LogP contribution is 2.15. The second-order valence-electron chi connectivity index (χ2n) is 6.09. The summed E-state index contributed by atoms with van der Waals surface area (Å²) in [6.45, 7) is 10.7. The third kappa shape index (κ3) is 4.94. The van der Waals surface area contributed by atoms with Crippen molar-refractivity contribution in [3.8, 4) is 0 Å². The van der Waals surface area contributed by atoms with Crippen LogP contribution in [-0.4, -0.2) is 47.2 Å². The van der Waals surface area contributed by atoms with Crippen molar-refractivity contribution in [1.29, 1.82) is 0 Å². The number of aliphatic carboxylic acids is 1. The molecular formula is C14H28N2O2. The first kappa shape index (κ1) is 15.4. The Bertz CT molecular complexity index is 259. The highest BCUT2D eigenvalue weighted by Gasteiger charge is 2.26. The number of hydrogen-bond acceptors (Lipinski definition) is 3. The molecule has 0 spiro atoms. The minimum atomic E-state index is -0.713. The standard InChI is InChI=1S/C14H28N2O2/c1-10(2)9-13(14(17)18)15-12-5-7-16(8-6-12)11(3)4/h10-13,15H,5-9H2,1-4H3,(H,17,18). The summed E-state index contributed by atoms with van der Waals surface area (Å²) >= 11 is 0. The van der Waals surface area contributed by atoms with Crippen LogP contribution in [0, 0.1) is 5.92 Å². The number of likely N-dealkylation sites (tertiary alicyclic amines) is 1. The van der Waals surface area contributed by atoms with E-state index < -0.39 is 5.97 Å². The zero-order valence-electron chi connectivity index (χ0n) is 12.1. The summed E-state index contributed by atoms with van der Waals surface area (Å²) in [5, 5.41) is 12.5. The molecule has 4 nitrogen and oxygen atoms in total. The number of carboxylic acids is 1. The van der Waals surface area contributed by atoms with Crippen molar-refractivity contribution in [3.63, 3.8) is 0 Å². The van der Waals surface area contributed by atoms with Crippen molar-refractivity contribution in [2.24, 2.45) is 5.92 Å². The maximum atomic E-state index is 11.2. The second kappa shape index (κ2) is 7.10. The van der Waals surface area contributed by atoms with Gasteiger partial charge in [-0.1, -0.05) is 13.8 Å². The summed E-state index contributed by atoms with van der Waals surface area (Å²) in [6, 6.07) is 0.567. The zero-order valence-corrected chi connectivity index (χ0v) is 12.1. The van der Waals surface area contributed by atoms with Crippen LogP contribution in [0.3, 0.4) is 0 Å². The van der Waals surface area contributed by atoms with E-state index in [1.165, 1.54) is 0 Å². The molecule has 4 heteroatoms. The number of hydrogen-bond donors (Lipinski definition) is 2. The molecule has 0 saturated carbocycles. The van der Waals surface area contributed by atoms with E-state index in [2.05, 4.69) is 37.9 Å². The summed E-state index contributed by atoms with van der Waals surface area (Å²) in [5.41, 5.74) is 0. The van der Waals surface area contributed by atoms with Crippen LogP contribution >= 0.6 is 0 Å². The lowest BCUT2D eigenvalue weighted by Gasteiger charge is -2.36. The fraction of sp³-hybridized carbons (Fsp3) is 0.929. The average Bonchev–Trinajstić information content (AvgIpc) is 2.28. The molecule has 0 bridgehead atoms. The van der Waals surface area contributed by atoms with Gasteiger partial charge in [-0.25, -0.2) is 0 Å². The Hall–Kier alpha value is -0.610. The minimum absolute atomic E-state index is 0.361. The predicted molar refractivity (Wildman–Crippen MR) is 73.7 cm³/mol. The van der Waals surface area contributed by atoms with E-state index in [0.29, 0.717) is 24.4 Å². The van der Waals surface area contributed by atoms with E-state index in [1.54, 1.807) is 0 Å². The third-order valence-electron chi connectivity index (χ3n) is 3.70. The molecule has 0 aromatic heterocycles. The third-order valence-corrected chi connectivity index (χ3v) is 3.70. The average molecular weight is 256 g/mol. The molecule has 0 radical (unpaired) electrons. The summed E-state index contributed by atoms with van der Waals surface area (Å²) in [6.07, 6.45) is 2.82. The van der Waals surface area contributed by atoms with Crippen LogP contribution in [-0.2, 0) is 4.79 Å². The second-order valence-corrected chi connectivity index (χ2v) is 6.09. The van der Waals surface area contributed by atoms with E-state index in [4.69, 9.17) is 0 Å². The first-order chi connectivity index (χ1) is 8.40. The zero-order chi connectivity index (χ0) is 13.7. The Labute approximate surface area is 111 Å². The molecule has 1 rings (SSSR count). The fourth-order valence-electron chi connectivity index (χ4n) is 2.58. The van der Waals surface area contributed by atoms with Gasteiger partial charge in [-0.05, 0) is 52.1 Å². The maximum Gasteiger partial charge on any atom is 0.320 e. The van der Waals surface area contributed by atoms with Crippen LogP contribution in [0.5, 0.6) is 0 Å². The van der Waals surface area contributed by atoms with Crippen molar-refractivity contribution in [2.45, 2.75) is 65.1 Å². The fourth-order valence-corrected chi connectivity index (χ4v) is 2.58. The molecule has 1 aliphatic heterocycles. The van der Waals surface area contributed by atoms with Crippen LogP contribution < -0.4 is 5.32 Å². The largest absolute Gasteiger partial charge is 0.480 e. The number of rotatable bonds is 6. The highest BCUT2D eigenvalue weighted by molar-refractivity contribution is 5.73. The Balaban J connectivity index is 2.40. The predicted octanol–water partition coefficient (Wildman–Crippen LogP) is 1.95. The molecule has 0 amide bonds. The molecule has 1 unspecified atom stereocenters. The van der Waals surface area contributed by atoms with Gasteiger partial charge in [0, 0.05) is 12.1 Å². The SMILES string of the molecule is CC(C)CC(NC1CCN(C(C)C)CC1)C(=O)O. The van der Waals surface area contributed by atoms with Crippen LogP contribution in [0.1, 0.15) is 47.0 Å². The van der Waals surface area contributed by atoms with E-state index in [0.717, 1.165) is 25.9 Å². The lowest BCUT2D eigenvalue weighted by molar-refractivity contribution is -0.140. The smallest absolute Gasteiger partial charge is 0.320 e. The molecule has 2 N–H and O–H groups in total. The Morgan fingerprint density at radius 3 is 2.22 bits per heavy atom. The number of nitrogens with zero attached hydrogens (tertiary/aromatic N) is 1. The lowest BCUT2D eigenvalue weighted by Crippen LogP contribution is -2.50. The molecule has 0 aliphatic carbocycles. The van der Waals surface area contributed by atoms with Gasteiger partial charge in [-0.3, -0.25) is 4.79 Å². The Morgan fingerprint density at radius 1 is 1.28 bits per heavy atom. The number of nitrogens with one attached hydrogen (secondary N) is 1. The van der Waals surface area contributed by atoms with Crippen molar-refractivity contribution in [3.05, 3.63) is 0 Å². The first-order valence-corrected chi connectivity index (χ1v) is 7.13. The monoisotopic (exact) mass is 256 g/mol. The molecule has 1 atom stereocenters. The number of carbonyl (C=O) groups is 1. The highest BCUT2D eigenvalue weighted by atomic mass is 16.4. The molecule has 106 valence electrons. The Kier molecular flexibility index (Phi) is 6.09. The van der Waals surface area contributed by atoms with Gasteiger partial charge in [0.25, 0.3) is 0 Å². The van der Waals surface area contributed by atoms with Crippen LogP contribution in [0.25, 0.3) is 0 Å². The van der Waals surface area contributed by atoms with E-state index in [9.17, 15) is 9.90 Å². The van der Waals surface area contributed by atoms with Crippen molar-refractivity contribution in [2.75, 3.05) is 13.1 Å². The molecule has 1 saturated heterocycles. The molecule has 1 heterocycles. The number of carboxylic acid groups (broad SMARTS) is 1. The van der Waals surface area contributed by atoms with Gasteiger partial charge in [0.15, 0.2) is 0 Å². The van der Waals surface area contributed by atoms with Crippen molar-refractivity contribution >= 4 is 5.97 Å². The summed E-state index contributed by atoms with van der Waals surface area (Å²) in [5.74, 6) is -0.302. The van der Waals surface area contributed by atoms with Crippen molar-refractivity contribution in [1.82, 2.24) is 10.2 Å². The van der Waals surface area contributed by atoms with E-state index in [1.807, 2.05) is 0 Å². The summed E-state index contributed by atoms with van der Waals surface area (Å²) in [7, 11) is 0. The van der Waals surface area contributed by atoms with Gasteiger partial charge in [-0.2, -0.15) is 0 Å². The molecule has 1 fully saturated rings. The van der Waals surface area contributed by atoms with E-state index >= 15 is 0 Å². The molecule has 0 aromatic carbocycles. The maximum absolute atomic E-state index is 11.2. The number of piperidine rings is 1. The van der Waals surface area contributed by atoms with Crippen LogP contribution in [0.15, 0.2) is 0 Å². The van der Waals surface area contributed by atoms with Gasteiger partial charge >= 0.3 is 5.97 Å². The van der Waals surface area contributed by atoms with Gasteiger partial charge in [0.05, 0.1) is 0 Å². The van der Waals surface area contributed by atoms with Crippen LogP contribution in [0.4, 0.5) is 0 Å². The van der Waals surface area contributed by atoms with Gasteiger partial charge in [0.1, 0.15) is 6.04 Å². The minimum Gasteiger partial charge on any atom is -0.480 e. The Morgan fingerprint density at radius 2 is 1.83 bits per heavy atom. The van der Waals surface area contributed by atoms with E-state index in [-0.39, 0.29) is 6.04 Å². The quantitative estimate of drug-likeness (QED) is 0.762. The first-order valence-electron chi connectivity index (χ1n) is 7.13. The van der Waals surface area contributed by atoms with Crippen LogP contribution in [0.2, 0.25) is 0 Å². The normalized spacial score (nSPS) is 20.6. The topological polar surface area (TPSA) is 52.6 Å². The molecular weight excluding hydrogens is 228 g/mol. The molecule has 18 heavy (non-hydrogen) atoms. The van der Waals surface area contributed by atoms with Gasteiger partial charge in [0.2, 0.25) is 0 Å².